The molecule has 1 aromatic rings. The number of carboxylic acid groups (broad SMARTS) is 1. The summed E-state index contributed by atoms with van der Waals surface area (Å²) in [5, 5.41) is 18.5. The lowest BCUT2D eigenvalue weighted by atomic mass is 9.98. The van der Waals surface area contributed by atoms with Gasteiger partial charge in [-0.1, -0.05) is 6.07 Å². The normalized spacial score (nSPS) is 18.9. The van der Waals surface area contributed by atoms with Crippen molar-refractivity contribution < 1.29 is 24.2 Å². The zero-order valence-corrected chi connectivity index (χ0v) is 10.9. The summed E-state index contributed by atoms with van der Waals surface area (Å²) in [7, 11) is 0. The molecule has 1 amide bonds. The summed E-state index contributed by atoms with van der Waals surface area (Å²) in [6.45, 7) is 0.380. The molecule has 1 unspecified atom stereocenters. The van der Waals surface area contributed by atoms with Crippen molar-refractivity contribution in [3.8, 4) is 5.75 Å². The van der Waals surface area contributed by atoms with Crippen molar-refractivity contribution in [1.82, 2.24) is 4.90 Å². The highest BCUT2D eigenvalue weighted by atomic mass is 19.1. The minimum absolute atomic E-state index is 0.166. The molecule has 1 saturated heterocycles. The molecule has 2 N–H and O–H groups in total. The van der Waals surface area contributed by atoms with Crippen LogP contribution in [0.25, 0.3) is 0 Å². The average molecular weight is 281 g/mol. The van der Waals surface area contributed by atoms with Gasteiger partial charge in [0.1, 0.15) is 17.1 Å². The molecule has 0 saturated carbocycles. The van der Waals surface area contributed by atoms with Gasteiger partial charge in [0.05, 0.1) is 6.42 Å². The molecule has 2 rings (SSSR count). The maximum absolute atomic E-state index is 13.7. The van der Waals surface area contributed by atoms with Crippen LogP contribution >= 0.6 is 0 Å². The molecule has 1 heterocycles. The number of phenolic OH excluding ortho intramolecular Hbond substituents is 1. The minimum Gasteiger partial charge on any atom is -0.507 e. The van der Waals surface area contributed by atoms with Crippen LogP contribution in [-0.4, -0.2) is 39.6 Å². The van der Waals surface area contributed by atoms with E-state index in [-0.39, 0.29) is 12.0 Å². The molecule has 1 aromatic carbocycles. The summed E-state index contributed by atoms with van der Waals surface area (Å²) in [6.07, 6.45) is 2.00. The SMILES string of the molecule is O=C(O)CC1CCCCN1C(=O)c1c(O)cccc1F. The zero-order chi connectivity index (χ0) is 14.7. The van der Waals surface area contributed by atoms with Gasteiger partial charge < -0.3 is 15.1 Å². The molecule has 0 bridgehead atoms. The Balaban J connectivity index is 2.28. The van der Waals surface area contributed by atoms with E-state index in [9.17, 15) is 19.1 Å². The topological polar surface area (TPSA) is 77.8 Å². The van der Waals surface area contributed by atoms with Crippen LogP contribution in [0.4, 0.5) is 4.39 Å². The smallest absolute Gasteiger partial charge is 0.305 e. The summed E-state index contributed by atoms with van der Waals surface area (Å²) >= 11 is 0. The average Bonchev–Trinajstić information content (AvgIpc) is 2.38. The van der Waals surface area contributed by atoms with Crippen molar-refractivity contribution in [2.45, 2.75) is 31.7 Å². The standard InChI is InChI=1S/C14H16FNO4/c15-10-5-3-6-11(17)13(10)14(20)16-7-2-1-4-9(16)8-12(18)19/h3,5-6,9,17H,1-2,4,7-8H2,(H,18,19). The van der Waals surface area contributed by atoms with Gasteiger partial charge in [0.15, 0.2) is 0 Å². The van der Waals surface area contributed by atoms with E-state index in [0.717, 1.165) is 18.9 Å². The van der Waals surface area contributed by atoms with E-state index >= 15 is 0 Å². The van der Waals surface area contributed by atoms with Gasteiger partial charge in [0.25, 0.3) is 5.91 Å². The molecule has 1 aliphatic rings. The van der Waals surface area contributed by atoms with Gasteiger partial charge in [-0.2, -0.15) is 0 Å². The van der Waals surface area contributed by atoms with E-state index in [2.05, 4.69) is 0 Å². The predicted octanol–water partition coefficient (Wildman–Crippen LogP) is 2.00. The number of hydrogen-bond donors (Lipinski definition) is 2. The van der Waals surface area contributed by atoms with Crippen molar-refractivity contribution >= 4 is 11.9 Å². The first-order valence-corrected chi connectivity index (χ1v) is 6.51. The number of nitrogens with zero attached hydrogens (tertiary/aromatic N) is 1. The van der Waals surface area contributed by atoms with Crippen molar-refractivity contribution in [1.29, 1.82) is 0 Å². The highest BCUT2D eigenvalue weighted by Gasteiger charge is 2.31. The maximum atomic E-state index is 13.7. The Morgan fingerprint density at radius 2 is 2.10 bits per heavy atom. The monoisotopic (exact) mass is 281 g/mol. The van der Waals surface area contributed by atoms with Gasteiger partial charge in [0.2, 0.25) is 0 Å². The molecule has 5 nitrogen and oxygen atoms in total. The summed E-state index contributed by atoms with van der Waals surface area (Å²) < 4.78 is 13.7. The molecule has 6 heteroatoms. The third-order valence-corrected chi connectivity index (χ3v) is 3.50. The first-order chi connectivity index (χ1) is 9.50. The van der Waals surface area contributed by atoms with Crippen molar-refractivity contribution in [3.63, 3.8) is 0 Å². The summed E-state index contributed by atoms with van der Waals surface area (Å²) in [6, 6.07) is 3.20. The minimum atomic E-state index is -0.993. The Morgan fingerprint density at radius 1 is 1.35 bits per heavy atom. The van der Waals surface area contributed by atoms with Crippen LogP contribution in [0.5, 0.6) is 5.75 Å². The number of phenols is 1. The molecule has 1 atom stereocenters. The van der Waals surface area contributed by atoms with Crippen LogP contribution in [0.1, 0.15) is 36.0 Å². The zero-order valence-electron chi connectivity index (χ0n) is 10.9. The van der Waals surface area contributed by atoms with Gasteiger partial charge in [-0.3, -0.25) is 9.59 Å². The molecule has 1 aliphatic heterocycles. The number of likely N-dealkylation sites (tertiary alicyclic amines) is 1. The fourth-order valence-electron chi connectivity index (χ4n) is 2.55. The Kier molecular flexibility index (Phi) is 4.22. The van der Waals surface area contributed by atoms with Gasteiger partial charge in [0, 0.05) is 12.6 Å². The number of piperidine rings is 1. The van der Waals surface area contributed by atoms with E-state index in [1.807, 2.05) is 0 Å². The number of carbonyl (C=O) groups is 2. The highest BCUT2D eigenvalue weighted by molar-refractivity contribution is 5.97. The molecule has 0 aliphatic carbocycles. The number of aromatic hydroxyl groups is 1. The van der Waals surface area contributed by atoms with E-state index in [1.165, 1.54) is 17.0 Å². The number of hydrogen-bond acceptors (Lipinski definition) is 3. The Labute approximate surface area is 115 Å². The molecule has 0 spiro atoms. The first kappa shape index (κ1) is 14.3. The van der Waals surface area contributed by atoms with Gasteiger partial charge >= 0.3 is 5.97 Å². The molecular formula is C14H16FNO4. The van der Waals surface area contributed by atoms with Gasteiger partial charge in [-0.05, 0) is 31.4 Å². The van der Waals surface area contributed by atoms with Gasteiger partial charge in [-0.25, -0.2) is 4.39 Å². The summed E-state index contributed by atoms with van der Waals surface area (Å²) in [5.41, 5.74) is -0.384. The van der Waals surface area contributed by atoms with E-state index < -0.39 is 29.5 Å². The van der Waals surface area contributed by atoms with Crippen LogP contribution in [-0.2, 0) is 4.79 Å². The molecule has 20 heavy (non-hydrogen) atoms. The number of benzene rings is 1. The lowest BCUT2D eigenvalue weighted by Gasteiger charge is -2.35. The maximum Gasteiger partial charge on any atom is 0.305 e. The molecule has 0 radical (unpaired) electrons. The largest absolute Gasteiger partial charge is 0.507 e. The second-order valence-electron chi connectivity index (χ2n) is 4.88. The fraction of sp³-hybridized carbons (Fsp3) is 0.429. The van der Waals surface area contributed by atoms with Crippen LogP contribution in [0, 0.1) is 5.82 Å². The first-order valence-electron chi connectivity index (χ1n) is 6.51. The fourth-order valence-corrected chi connectivity index (χ4v) is 2.55. The number of carboxylic acids is 1. The third-order valence-electron chi connectivity index (χ3n) is 3.50. The molecule has 108 valence electrons. The van der Waals surface area contributed by atoms with Crippen LogP contribution in [0.15, 0.2) is 18.2 Å². The Hall–Kier alpha value is -2.11. The van der Waals surface area contributed by atoms with Crippen LogP contribution in [0.2, 0.25) is 0 Å². The Morgan fingerprint density at radius 3 is 2.75 bits per heavy atom. The summed E-state index contributed by atoms with van der Waals surface area (Å²) in [4.78, 5) is 24.6. The number of carbonyl (C=O) groups excluding carboxylic acids is 1. The molecular weight excluding hydrogens is 265 g/mol. The summed E-state index contributed by atoms with van der Waals surface area (Å²) in [5.74, 6) is -2.86. The number of aliphatic carboxylic acids is 1. The van der Waals surface area contributed by atoms with Crippen LogP contribution in [0.3, 0.4) is 0 Å². The molecule has 0 aromatic heterocycles. The van der Waals surface area contributed by atoms with Crippen molar-refractivity contribution in [3.05, 3.63) is 29.6 Å². The number of halogens is 1. The second kappa shape index (κ2) is 5.90. The van der Waals surface area contributed by atoms with Crippen molar-refractivity contribution in [2.75, 3.05) is 6.54 Å². The number of rotatable bonds is 3. The molecule has 1 fully saturated rings. The lowest BCUT2D eigenvalue weighted by molar-refractivity contribution is -0.138. The van der Waals surface area contributed by atoms with Crippen molar-refractivity contribution in [2.24, 2.45) is 0 Å². The quantitative estimate of drug-likeness (QED) is 0.888. The van der Waals surface area contributed by atoms with Gasteiger partial charge in [-0.15, -0.1) is 0 Å². The third kappa shape index (κ3) is 2.89. The number of amides is 1. The Bertz CT molecular complexity index is 512. The highest BCUT2D eigenvalue weighted by Crippen LogP contribution is 2.27. The predicted molar refractivity (Wildman–Crippen MR) is 69.0 cm³/mol. The van der Waals surface area contributed by atoms with E-state index in [0.29, 0.717) is 13.0 Å². The van der Waals surface area contributed by atoms with Crippen LogP contribution < -0.4 is 0 Å². The van der Waals surface area contributed by atoms with E-state index in [1.54, 1.807) is 0 Å². The lowest BCUT2D eigenvalue weighted by Crippen LogP contribution is -2.45. The second-order valence-corrected chi connectivity index (χ2v) is 4.88. The van der Waals surface area contributed by atoms with E-state index in [4.69, 9.17) is 5.11 Å².